The fraction of sp³-hybridized carbons (Fsp3) is 0.273. The molecule has 3 N–H and O–H groups in total. The summed E-state index contributed by atoms with van der Waals surface area (Å²) in [5.74, 6) is -0.216. The number of carbonyl (C=O) groups excluding carboxylic acids is 2. The van der Waals surface area contributed by atoms with Gasteiger partial charge in [-0.1, -0.05) is 30.3 Å². The highest BCUT2D eigenvalue weighted by molar-refractivity contribution is 5.98. The molecule has 2 heterocycles. The summed E-state index contributed by atoms with van der Waals surface area (Å²) in [6.45, 7) is 1.49. The number of fused-ring (bicyclic) bond motifs is 1. The number of rotatable bonds is 5. The summed E-state index contributed by atoms with van der Waals surface area (Å²) in [6.07, 6.45) is 4.34. The first kappa shape index (κ1) is 18.1. The monoisotopic (exact) mass is 376 g/mol. The Hall–Kier alpha value is -3.28. The van der Waals surface area contributed by atoms with Gasteiger partial charge < -0.3 is 20.5 Å². The van der Waals surface area contributed by atoms with Gasteiger partial charge in [-0.05, 0) is 42.7 Å². The molecule has 1 aliphatic rings. The van der Waals surface area contributed by atoms with Crippen LogP contribution in [-0.2, 0) is 11.2 Å². The maximum Gasteiger partial charge on any atom is 0.318 e. The third kappa shape index (κ3) is 4.17. The van der Waals surface area contributed by atoms with Crippen molar-refractivity contribution in [1.29, 1.82) is 0 Å². The normalized spacial score (nSPS) is 14.8. The van der Waals surface area contributed by atoms with Crippen molar-refractivity contribution < 1.29 is 9.59 Å². The first-order valence-corrected chi connectivity index (χ1v) is 9.66. The molecule has 0 bridgehead atoms. The van der Waals surface area contributed by atoms with Crippen molar-refractivity contribution in [3.8, 4) is 0 Å². The van der Waals surface area contributed by atoms with Crippen LogP contribution in [0.3, 0.4) is 0 Å². The number of amides is 3. The number of likely N-dealkylation sites (tertiary alicyclic amines) is 1. The zero-order valence-corrected chi connectivity index (χ0v) is 15.7. The summed E-state index contributed by atoms with van der Waals surface area (Å²) in [7, 11) is 0. The Morgan fingerprint density at radius 1 is 1.04 bits per heavy atom. The molecular formula is C22H24N4O2. The van der Waals surface area contributed by atoms with Gasteiger partial charge in [0.05, 0.1) is 0 Å². The molecule has 6 heteroatoms. The van der Waals surface area contributed by atoms with Crippen molar-refractivity contribution in [2.45, 2.75) is 25.3 Å². The van der Waals surface area contributed by atoms with Crippen LogP contribution in [0.15, 0.2) is 60.8 Å². The Labute approximate surface area is 163 Å². The topological polar surface area (TPSA) is 77.2 Å². The number of nitrogens with one attached hydrogen (secondary N) is 3. The van der Waals surface area contributed by atoms with Crippen LogP contribution in [0.4, 0.5) is 10.5 Å². The van der Waals surface area contributed by atoms with Crippen molar-refractivity contribution in [3.05, 3.63) is 66.4 Å². The van der Waals surface area contributed by atoms with E-state index in [1.165, 1.54) is 0 Å². The number of H-pyrrole nitrogens is 1. The lowest BCUT2D eigenvalue weighted by atomic mass is 10.1. The molecule has 3 amide bonds. The van der Waals surface area contributed by atoms with Gasteiger partial charge in [0.25, 0.3) is 0 Å². The molecule has 28 heavy (non-hydrogen) atoms. The molecule has 1 saturated heterocycles. The molecule has 1 aromatic heterocycles. The molecule has 0 unspecified atom stereocenters. The van der Waals surface area contributed by atoms with Crippen LogP contribution >= 0.6 is 0 Å². The number of aromatic nitrogens is 1. The molecule has 1 atom stereocenters. The van der Waals surface area contributed by atoms with E-state index in [4.69, 9.17) is 0 Å². The second kappa shape index (κ2) is 8.17. The fourth-order valence-electron chi connectivity index (χ4n) is 3.58. The zero-order valence-electron chi connectivity index (χ0n) is 15.7. The largest absolute Gasteiger partial charge is 0.361 e. The first-order chi connectivity index (χ1) is 13.7. The third-order valence-corrected chi connectivity index (χ3v) is 5.11. The second-order valence-corrected chi connectivity index (χ2v) is 7.15. The van der Waals surface area contributed by atoms with Gasteiger partial charge in [-0.15, -0.1) is 0 Å². The maximum absolute atomic E-state index is 13.0. The quantitative estimate of drug-likeness (QED) is 0.637. The minimum atomic E-state index is -0.641. The predicted molar refractivity (Wildman–Crippen MR) is 110 cm³/mol. The van der Waals surface area contributed by atoms with Crippen molar-refractivity contribution in [2.24, 2.45) is 0 Å². The standard InChI is InChI=1S/C22H24N4O2/c27-21(24-18-8-9-19-17(15-18)10-11-23-19)20(14-16-6-2-1-3-7-16)25-22(28)26-12-4-5-13-26/h1-3,6-11,15,20,23H,4-5,12-14H2,(H,24,27)(H,25,28)/t20-/m0/s1. The summed E-state index contributed by atoms with van der Waals surface area (Å²) in [5, 5.41) is 6.91. The van der Waals surface area contributed by atoms with Gasteiger partial charge in [0.2, 0.25) is 5.91 Å². The number of hydrogen-bond acceptors (Lipinski definition) is 2. The summed E-state index contributed by atoms with van der Waals surface area (Å²) >= 11 is 0. The Kier molecular flexibility index (Phi) is 5.28. The van der Waals surface area contributed by atoms with Gasteiger partial charge >= 0.3 is 6.03 Å². The lowest BCUT2D eigenvalue weighted by Gasteiger charge is -2.23. The SMILES string of the molecule is O=C(Nc1ccc2[nH]ccc2c1)[C@H](Cc1ccccc1)NC(=O)N1CCCC1. The minimum Gasteiger partial charge on any atom is -0.361 e. The molecule has 1 fully saturated rings. The van der Waals surface area contributed by atoms with Gasteiger partial charge in [-0.25, -0.2) is 4.79 Å². The molecule has 144 valence electrons. The van der Waals surface area contributed by atoms with Gasteiger partial charge in [-0.3, -0.25) is 4.79 Å². The van der Waals surface area contributed by atoms with E-state index in [-0.39, 0.29) is 11.9 Å². The molecule has 0 aliphatic carbocycles. The van der Waals surface area contributed by atoms with Crippen LogP contribution in [0, 0.1) is 0 Å². The number of hydrogen-bond donors (Lipinski definition) is 3. The highest BCUT2D eigenvalue weighted by Gasteiger charge is 2.25. The van der Waals surface area contributed by atoms with Crippen LogP contribution in [0.2, 0.25) is 0 Å². The summed E-state index contributed by atoms with van der Waals surface area (Å²) < 4.78 is 0. The molecule has 0 radical (unpaired) electrons. The van der Waals surface area contributed by atoms with Crippen molar-refractivity contribution in [2.75, 3.05) is 18.4 Å². The highest BCUT2D eigenvalue weighted by Crippen LogP contribution is 2.18. The molecular weight excluding hydrogens is 352 g/mol. The lowest BCUT2D eigenvalue weighted by Crippen LogP contribution is -2.49. The van der Waals surface area contributed by atoms with Crippen LogP contribution in [-0.4, -0.2) is 41.0 Å². The number of carbonyl (C=O) groups is 2. The molecule has 0 saturated carbocycles. The number of urea groups is 1. The number of aromatic amines is 1. The Bertz CT molecular complexity index is 961. The fourth-order valence-corrected chi connectivity index (χ4v) is 3.58. The van der Waals surface area contributed by atoms with E-state index in [9.17, 15) is 9.59 Å². The Balaban J connectivity index is 1.50. The van der Waals surface area contributed by atoms with Crippen molar-refractivity contribution >= 4 is 28.5 Å². The number of benzene rings is 2. The van der Waals surface area contributed by atoms with Crippen molar-refractivity contribution in [1.82, 2.24) is 15.2 Å². The molecule has 1 aliphatic heterocycles. The zero-order chi connectivity index (χ0) is 19.3. The van der Waals surface area contributed by atoms with E-state index < -0.39 is 6.04 Å². The summed E-state index contributed by atoms with van der Waals surface area (Å²) in [6, 6.07) is 16.6. The van der Waals surface area contributed by atoms with Crippen LogP contribution < -0.4 is 10.6 Å². The molecule has 4 rings (SSSR count). The van der Waals surface area contributed by atoms with E-state index in [2.05, 4.69) is 15.6 Å². The Morgan fingerprint density at radius 3 is 2.61 bits per heavy atom. The Morgan fingerprint density at radius 2 is 1.82 bits per heavy atom. The summed E-state index contributed by atoms with van der Waals surface area (Å²) in [5.41, 5.74) is 2.73. The van der Waals surface area contributed by atoms with Crippen LogP contribution in [0.1, 0.15) is 18.4 Å². The summed E-state index contributed by atoms with van der Waals surface area (Å²) in [4.78, 5) is 30.5. The highest BCUT2D eigenvalue weighted by atomic mass is 16.2. The molecule has 2 aromatic carbocycles. The van der Waals surface area contributed by atoms with Crippen LogP contribution in [0.25, 0.3) is 10.9 Å². The van der Waals surface area contributed by atoms with E-state index in [0.717, 1.165) is 42.4 Å². The van der Waals surface area contributed by atoms with E-state index >= 15 is 0 Å². The molecule has 0 spiro atoms. The van der Waals surface area contributed by atoms with E-state index in [1.807, 2.05) is 60.8 Å². The third-order valence-electron chi connectivity index (χ3n) is 5.11. The maximum atomic E-state index is 13.0. The second-order valence-electron chi connectivity index (χ2n) is 7.15. The van der Waals surface area contributed by atoms with E-state index in [0.29, 0.717) is 12.1 Å². The average Bonchev–Trinajstić information content (AvgIpc) is 3.40. The van der Waals surface area contributed by atoms with Gasteiger partial charge in [0.1, 0.15) is 6.04 Å². The lowest BCUT2D eigenvalue weighted by molar-refractivity contribution is -0.118. The minimum absolute atomic E-state index is 0.172. The van der Waals surface area contributed by atoms with Gasteiger partial charge in [0.15, 0.2) is 0 Å². The predicted octanol–water partition coefficient (Wildman–Crippen LogP) is 3.52. The first-order valence-electron chi connectivity index (χ1n) is 9.66. The molecule has 6 nitrogen and oxygen atoms in total. The average molecular weight is 376 g/mol. The molecule has 3 aromatic rings. The van der Waals surface area contributed by atoms with Gasteiger partial charge in [-0.2, -0.15) is 0 Å². The smallest absolute Gasteiger partial charge is 0.318 e. The number of nitrogens with zero attached hydrogens (tertiary/aromatic N) is 1. The van der Waals surface area contributed by atoms with E-state index in [1.54, 1.807) is 4.90 Å². The van der Waals surface area contributed by atoms with Crippen molar-refractivity contribution in [3.63, 3.8) is 0 Å². The van der Waals surface area contributed by atoms with Gasteiger partial charge in [0, 0.05) is 42.3 Å². The number of anilines is 1. The van der Waals surface area contributed by atoms with Crippen LogP contribution in [0.5, 0.6) is 0 Å².